The van der Waals surface area contributed by atoms with Crippen LogP contribution in [0.3, 0.4) is 0 Å². The van der Waals surface area contributed by atoms with Crippen LogP contribution in [0.5, 0.6) is 11.5 Å². The average Bonchev–Trinajstić information content (AvgIpc) is 2.97. The maximum atomic E-state index is 5.94. The highest BCUT2D eigenvalue weighted by Crippen LogP contribution is 2.30. The highest BCUT2D eigenvalue weighted by molar-refractivity contribution is 5.42. The molecule has 1 saturated carbocycles. The van der Waals surface area contributed by atoms with E-state index in [4.69, 9.17) is 15.2 Å². The van der Waals surface area contributed by atoms with Crippen LogP contribution in [-0.4, -0.2) is 26.8 Å². The van der Waals surface area contributed by atoms with Crippen molar-refractivity contribution in [2.45, 2.75) is 37.8 Å². The van der Waals surface area contributed by atoms with Gasteiger partial charge in [-0.05, 0) is 31.0 Å². The molecule has 0 amide bonds. The number of nitrogens with one attached hydrogen (secondary N) is 1. The smallest absolute Gasteiger partial charge is 0.123 e. The first-order valence-electron chi connectivity index (χ1n) is 6.96. The Kier molecular flexibility index (Phi) is 5.05. The standard InChI is InChI=1S/C15H24N2O2/c1-18-12-7-8-15(19-2)13(9-12)14(10-16)17-11-5-3-4-6-11/h7-9,11,14,17H,3-6,10,16H2,1-2H3. The lowest BCUT2D eigenvalue weighted by Gasteiger charge is -2.24. The van der Waals surface area contributed by atoms with E-state index in [1.54, 1.807) is 14.2 Å². The molecular formula is C15H24N2O2. The Morgan fingerprint density at radius 2 is 2.00 bits per heavy atom. The van der Waals surface area contributed by atoms with Crippen LogP contribution in [0.1, 0.15) is 37.3 Å². The van der Waals surface area contributed by atoms with Crippen LogP contribution in [0.15, 0.2) is 18.2 Å². The van der Waals surface area contributed by atoms with Crippen LogP contribution < -0.4 is 20.5 Å². The summed E-state index contributed by atoms with van der Waals surface area (Å²) in [5.41, 5.74) is 7.02. The lowest BCUT2D eigenvalue weighted by atomic mass is 10.0. The van der Waals surface area contributed by atoms with Crippen molar-refractivity contribution in [3.05, 3.63) is 23.8 Å². The molecule has 3 N–H and O–H groups in total. The largest absolute Gasteiger partial charge is 0.497 e. The molecule has 0 aliphatic heterocycles. The van der Waals surface area contributed by atoms with E-state index in [0.29, 0.717) is 12.6 Å². The summed E-state index contributed by atoms with van der Waals surface area (Å²) in [5, 5.41) is 3.65. The van der Waals surface area contributed by atoms with Gasteiger partial charge in [0.2, 0.25) is 0 Å². The number of rotatable bonds is 6. The van der Waals surface area contributed by atoms with Crippen molar-refractivity contribution in [1.82, 2.24) is 5.32 Å². The highest BCUT2D eigenvalue weighted by Gasteiger charge is 2.22. The van der Waals surface area contributed by atoms with Gasteiger partial charge in [0.15, 0.2) is 0 Å². The van der Waals surface area contributed by atoms with Crippen molar-refractivity contribution >= 4 is 0 Å². The third kappa shape index (κ3) is 3.39. The molecular weight excluding hydrogens is 240 g/mol. The summed E-state index contributed by atoms with van der Waals surface area (Å²) in [4.78, 5) is 0. The van der Waals surface area contributed by atoms with Gasteiger partial charge in [0.05, 0.1) is 14.2 Å². The molecule has 0 radical (unpaired) electrons. The molecule has 0 aromatic heterocycles. The van der Waals surface area contributed by atoms with Gasteiger partial charge in [-0.2, -0.15) is 0 Å². The summed E-state index contributed by atoms with van der Waals surface area (Å²) in [6.07, 6.45) is 5.10. The molecule has 4 nitrogen and oxygen atoms in total. The molecule has 19 heavy (non-hydrogen) atoms. The van der Waals surface area contributed by atoms with E-state index in [9.17, 15) is 0 Å². The molecule has 106 valence electrons. The Hall–Kier alpha value is -1.26. The zero-order valence-electron chi connectivity index (χ0n) is 11.8. The van der Waals surface area contributed by atoms with E-state index in [1.165, 1.54) is 25.7 Å². The van der Waals surface area contributed by atoms with E-state index in [0.717, 1.165) is 17.1 Å². The lowest BCUT2D eigenvalue weighted by Crippen LogP contribution is -2.35. The van der Waals surface area contributed by atoms with Gasteiger partial charge in [-0.3, -0.25) is 0 Å². The fourth-order valence-electron chi connectivity index (χ4n) is 2.77. The first-order valence-corrected chi connectivity index (χ1v) is 6.96. The molecule has 1 aromatic carbocycles. The van der Waals surface area contributed by atoms with Gasteiger partial charge in [-0.25, -0.2) is 0 Å². The molecule has 1 aliphatic carbocycles. The number of nitrogens with two attached hydrogens (primary N) is 1. The molecule has 1 fully saturated rings. The van der Waals surface area contributed by atoms with Crippen molar-refractivity contribution in [3.8, 4) is 11.5 Å². The number of benzene rings is 1. The van der Waals surface area contributed by atoms with Crippen LogP contribution >= 0.6 is 0 Å². The number of methoxy groups -OCH3 is 2. The Morgan fingerprint density at radius 1 is 1.26 bits per heavy atom. The van der Waals surface area contributed by atoms with Crippen LogP contribution in [0.4, 0.5) is 0 Å². The lowest BCUT2D eigenvalue weighted by molar-refractivity contribution is 0.380. The molecule has 1 atom stereocenters. The molecule has 2 rings (SSSR count). The summed E-state index contributed by atoms with van der Waals surface area (Å²) < 4.78 is 10.7. The minimum Gasteiger partial charge on any atom is -0.497 e. The van der Waals surface area contributed by atoms with Gasteiger partial charge < -0.3 is 20.5 Å². The fourth-order valence-corrected chi connectivity index (χ4v) is 2.77. The van der Waals surface area contributed by atoms with Gasteiger partial charge in [0.25, 0.3) is 0 Å². The van der Waals surface area contributed by atoms with Gasteiger partial charge in [-0.15, -0.1) is 0 Å². The van der Waals surface area contributed by atoms with E-state index in [-0.39, 0.29) is 6.04 Å². The molecule has 4 heteroatoms. The normalized spacial score (nSPS) is 17.4. The van der Waals surface area contributed by atoms with Gasteiger partial charge in [-0.1, -0.05) is 12.8 Å². The Balaban J connectivity index is 2.19. The first-order chi connectivity index (χ1) is 9.28. The second-order valence-electron chi connectivity index (χ2n) is 5.04. The molecule has 1 aromatic rings. The minimum atomic E-state index is 0.119. The van der Waals surface area contributed by atoms with E-state index >= 15 is 0 Å². The quantitative estimate of drug-likeness (QED) is 0.827. The van der Waals surface area contributed by atoms with Gasteiger partial charge in [0.1, 0.15) is 11.5 Å². The number of hydrogen-bond acceptors (Lipinski definition) is 4. The van der Waals surface area contributed by atoms with E-state index in [1.807, 2.05) is 18.2 Å². The average molecular weight is 264 g/mol. The maximum absolute atomic E-state index is 5.94. The SMILES string of the molecule is COc1ccc(OC)c(C(CN)NC2CCCC2)c1. The number of ether oxygens (including phenoxy) is 2. The monoisotopic (exact) mass is 264 g/mol. The molecule has 0 spiro atoms. The van der Waals surface area contributed by atoms with E-state index in [2.05, 4.69) is 5.32 Å². The number of hydrogen-bond donors (Lipinski definition) is 2. The Bertz CT molecular complexity index is 403. The molecule has 1 unspecified atom stereocenters. The third-order valence-electron chi connectivity index (χ3n) is 3.84. The molecule has 0 heterocycles. The summed E-state index contributed by atoms with van der Waals surface area (Å²) >= 11 is 0. The van der Waals surface area contributed by atoms with Crippen molar-refractivity contribution in [2.75, 3.05) is 20.8 Å². The second kappa shape index (κ2) is 6.78. The van der Waals surface area contributed by atoms with Crippen LogP contribution in [0.2, 0.25) is 0 Å². The summed E-state index contributed by atoms with van der Waals surface area (Å²) in [7, 11) is 3.36. The summed E-state index contributed by atoms with van der Waals surface area (Å²) in [6.45, 7) is 0.556. The van der Waals surface area contributed by atoms with Crippen LogP contribution in [-0.2, 0) is 0 Å². The van der Waals surface area contributed by atoms with Gasteiger partial charge >= 0.3 is 0 Å². The van der Waals surface area contributed by atoms with Crippen molar-refractivity contribution in [3.63, 3.8) is 0 Å². The zero-order chi connectivity index (χ0) is 13.7. The predicted molar refractivity (Wildman–Crippen MR) is 76.7 cm³/mol. The summed E-state index contributed by atoms with van der Waals surface area (Å²) in [6, 6.07) is 6.55. The first kappa shape index (κ1) is 14.2. The Labute approximate surface area is 115 Å². The van der Waals surface area contributed by atoms with Crippen molar-refractivity contribution < 1.29 is 9.47 Å². The maximum Gasteiger partial charge on any atom is 0.123 e. The third-order valence-corrected chi connectivity index (χ3v) is 3.84. The van der Waals surface area contributed by atoms with Crippen molar-refractivity contribution in [1.29, 1.82) is 0 Å². The zero-order valence-corrected chi connectivity index (χ0v) is 11.8. The Morgan fingerprint density at radius 3 is 2.58 bits per heavy atom. The minimum absolute atomic E-state index is 0.119. The molecule has 0 bridgehead atoms. The predicted octanol–water partition coefficient (Wildman–Crippen LogP) is 2.24. The molecule has 1 aliphatic rings. The fraction of sp³-hybridized carbons (Fsp3) is 0.600. The molecule has 0 saturated heterocycles. The second-order valence-corrected chi connectivity index (χ2v) is 5.04. The summed E-state index contributed by atoms with van der Waals surface area (Å²) in [5.74, 6) is 1.70. The van der Waals surface area contributed by atoms with Crippen LogP contribution in [0.25, 0.3) is 0 Å². The van der Waals surface area contributed by atoms with Gasteiger partial charge in [0, 0.05) is 24.2 Å². The van der Waals surface area contributed by atoms with Crippen LogP contribution in [0, 0.1) is 0 Å². The van der Waals surface area contributed by atoms with E-state index < -0.39 is 0 Å². The van der Waals surface area contributed by atoms with Crippen molar-refractivity contribution in [2.24, 2.45) is 5.73 Å². The topological polar surface area (TPSA) is 56.5 Å². The highest BCUT2D eigenvalue weighted by atomic mass is 16.5.